The highest BCUT2D eigenvalue weighted by atomic mass is 32.2. The average molecular weight is 722 g/mol. The zero-order valence-corrected chi connectivity index (χ0v) is 32.0. The SMILES string of the molecule is CC[C@H](C)[C@H](N)C(=O)Nc1ccc(C(=O)[C@@](CC(O)CCC2CCCCC2)(NC(=O)[C@@H](NC(=O)OC(C)(C)C)C2SCCS2)C(C)C)cn1. The van der Waals surface area contributed by atoms with Crippen LogP contribution in [0.5, 0.6) is 0 Å². The van der Waals surface area contributed by atoms with Crippen LogP contribution in [0.1, 0.15) is 117 Å². The molecule has 1 aliphatic carbocycles. The maximum atomic E-state index is 14.6. The lowest BCUT2D eigenvalue weighted by Gasteiger charge is -2.40. The molecule has 3 rings (SSSR count). The van der Waals surface area contributed by atoms with Gasteiger partial charge in [-0.15, -0.1) is 23.5 Å². The largest absolute Gasteiger partial charge is 0.444 e. The van der Waals surface area contributed by atoms with E-state index in [1.807, 2.05) is 27.7 Å². The molecule has 276 valence electrons. The molecule has 1 aliphatic heterocycles. The van der Waals surface area contributed by atoms with Crippen LogP contribution < -0.4 is 21.7 Å². The van der Waals surface area contributed by atoms with E-state index in [4.69, 9.17) is 10.5 Å². The molecule has 2 aliphatic rings. The fourth-order valence-electron chi connectivity index (χ4n) is 6.36. The van der Waals surface area contributed by atoms with E-state index >= 15 is 0 Å². The Morgan fingerprint density at radius 3 is 2.24 bits per heavy atom. The maximum Gasteiger partial charge on any atom is 0.408 e. The van der Waals surface area contributed by atoms with Gasteiger partial charge in [0.15, 0.2) is 5.78 Å². The minimum absolute atomic E-state index is 0.00564. The zero-order chi connectivity index (χ0) is 36.4. The number of Topliss-reactive ketones (excluding diaryl/α,β-unsaturated/α-hetero) is 1. The molecule has 2 fully saturated rings. The smallest absolute Gasteiger partial charge is 0.408 e. The van der Waals surface area contributed by atoms with Gasteiger partial charge in [-0.3, -0.25) is 14.4 Å². The van der Waals surface area contributed by atoms with Gasteiger partial charge in [-0.05, 0) is 63.5 Å². The number of amides is 3. The van der Waals surface area contributed by atoms with Crippen molar-refractivity contribution in [3.05, 3.63) is 23.9 Å². The van der Waals surface area contributed by atoms with E-state index in [0.717, 1.165) is 37.2 Å². The summed E-state index contributed by atoms with van der Waals surface area (Å²) < 4.78 is 5.22. The fourth-order valence-corrected chi connectivity index (χ4v) is 9.33. The minimum Gasteiger partial charge on any atom is -0.444 e. The Bertz CT molecular complexity index is 1250. The standard InChI is InChI=1S/C36H59N5O6S2/c1-8-23(4)28(37)31(44)39-27-17-15-25(21-38-27)30(43)36(22(2)3,20-26(42)16-14-24-12-10-9-11-13-24)41-32(45)29(33-48-18-19-49-33)40-34(46)47-35(5,6)7/h15,17,21-24,26,28-29,33,42H,8-14,16,18-20,37H2,1-7H3,(H,40,46)(H,41,45)(H,38,39,44)/t23-,26?,28-,29+,36-/m0/s1. The van der Waals surface area contributed by atoms with Gasteiger partial charge in [-0.2, -0.15) is 0 Å². The summed E-state index contributed by atoms with van der Waals surface area (Å²) in [5, 5.41) is 20.0. The number of aromatic nitrogens is 1. The van der Waals surface area contributed by atoms with E-state index in [1.54, 1.807) is 56.4 Å². The van der Waals surface area contributed by atoms with Gasteiger partial charge in [0.2, 0.25) is 11.8 Å². The third kappa shape index (κ3) is 12.1. The van der Waals surface area contributed by atoms with Crippen LogP contribution in [0.3, 0.4) is 0 Å². The van der Waals surface area contributed by atoms with E-state index in [2.05, 4.69) is 20.9 Å². The van der Waals surface area contributed by atoms with Crippen LogP contribution in [0.4, 0.5) is 10.6 Å². The lowest BCUT2D eigenvalue weighted by Crippen LogP contribution is -2.64. The van der Waals surface area contributed by atoms with Crippen molar-refractivity contribution in [1.29, 1.82) is 0 Å². The second kappa shape index (κ2) is 18.8. The molecule has 1 saturated carbocycles. The Balaban J connectivity index is 1.92. The Morgan fingerprint density at radius 2 is 1.69 bits per heavy atom. The van der Waals surface area contributed by atoms with Crippen molar-refractivity contribution in [3.63, 3.8) is 0 Å². The highest BCUT2D eigenvalue weighted by molar-refractivity contribution is 8.20. The first-order chi connectivity index (χ1) is 23.1. The predicted octanol–water partition coefficient (Wildman–Crippen LogP) is 5.90. The van der Waals surface area contributed by atoms with Crippen LogP contribution in [0.2, 0.25) is 0 Å². The summed E-state index contributed by atoms with van der Waals surface area (Å²) in [5.41, 5.74) is 4.03. The number of carbonyl (C=O) groups excluding carboxylic acids is 4. The van der Waals surface area contributed by atoms with E-state index < -0.39 is 53.0 Å². The first kappa shape index (κ1) is 41.1. The quantitative estimate of drug-likeness (QED) is 0.130. The van der Waals surface area contributed by atoms with Gasteiger partial charge in [0.05, 0.1) is 16.7 Å². The highest BCUT2D eigenvalue weighted by Crippen LogP contribution is 2.36. The van der Waals surface area contributed by atoms with Gasteiger partial charge in [0, 0.05) is 29.7 Å². The highest BCUT2D eigenvalue weighted by Gasteiger charge is 2.47. The van der Waals surface area contributed by atoms with Crippen LogP contribution in [0.15, 0.2) is 18.3 Å². The summed E-state index contributed by atoms with van der Waals surface area (Å²) in [4.78, 5) is 58.8. The van der Waals surface area contributed by atoms with Gasteiger partial charge in [-0.25, -0.2) is 9.78 Å². The molecule has 0 bridgehead atoms. The van der Waals surface area contributed by atoms with E-state index in [1.165, 1.54) is 25.5 Å². The van der Waals surface area contributed by atoms with Crippen molar-refractivity contribution in [1.82, 2.24) is 15.6 Å². The zero-order valence-electron chi connectivity index (χ0n) is 30.4. The molecule has 49 heavy (non-hydrogen) atoms. The molecule has 2 heterocycles. The molecule has 3 amide bonds. The normalized spacial score (nSPS) is 19.7. The lowest BCUT2D eigenvalue weighted by molar-refractivity contribution is -0.125. The molecule has 5 atom stereocenters. The number of hydrogen-bond acceptors (Lipinski definition) is 10. The Morgan fingerprint density at radius 1 is 1.04 bits per heavy atom. The second-order valence-electron chi connectivity index (χ2n) is 15.0. The molecule has 1 unspecified atom stereocenters. The Kier molecular flexibility index (Phi) is 15.7. The number of anilines is 1. The number of carbonyl (C=O) groups is 4. The van der Waals surface area contributed by atoms with Crippen molar-refractivity contribution in [2.75, 3.05) is 16.8 Å². The summed E-state index contributed by atoms with van der Waals surface area (Å²) in [6.45, 7) is 12.8. The van der Waals surface area contributed by atoms with Crippen LogP contribution in [0, 0.1) is 17.8 Å². The van der Waals surface area contributed by atoms with Crippen molar-refractivity contribution in [3.8, 4) is 0 Å². The van der Waals surface area contributed by atoms with Gasteiger partial charge < -0.3 is 31.5 Å². The van der Waals surface area contributed by atoms with Crippen molar-refractivity contribution < 1.29 is 29.0 Å². The number of alkyl carbamates (subject to hydrolysis) is 1. The number of nitrogens with zero attached hydrogens (tertiary/aromatic N) is 1. The monoisotopic (exact) mass is 721 g/mol. The molecule has 1 aromatic heterocycles. The molecule has 1 aromatic rings. The number of nitrogens with one attached hydrogen (secondary N) is 3. The van der Waals surface area contributed by atoms with Crippen molar-refractivity contribution in [2.24, 2.45) is 23.5 Å². The Labute approximate surface area is 301 Å². The number of ketones is 1. The van der Waals surface area contributed by atoms with Gasteiger partial charge in [0.25, 0.3) is 0 Å². The predicted molar refractivity (Wildman–Crippen MR) is 199 cm³/mol. The maximum absolute atomic E-state index is 14.6. The summed E-state index contributed by atoms with van der Waals surface area (Å²) in [7, 11) is 0. The molecule has 13 heteroatoms. The molecular formula is C36H59N5O6S2. The second-order valence-corrected chi connectivity index (χ2v) is 17.7. The van der Waals surface area contributed by atoms with Crippen molar-refractivity contribution >= 4 is 53.0 Å². The summed E-state index contributed by atoms with van der Waals surface area (Å²) in [6.07, 6.45) is 7.83. The molecule has 0 aromatic carbocycles. The molecule has 11 nitrogen and oxygen atoms in total. The van der Waals surface area contributed by atoms with Crippen LogP contribution in [-0.2, 0) is 14.3 Å². The number of aliphatic hydroxyl groups excluding tert-OH is 1. The van der Waals surface area contributed by atoms with E-state index in [0.29, 0.717) is 12.3 Å². The number of pyridine rings is 1. The molecule has 6 N–H and O–H groups in total. The molecule has 1 saturated heterocycles. The van der Waals surface area contributed by atoms with Crippen LogP contribution in [-0.4, -0.2) is 79.2 Å². The lowest BCUT2D eigenvalue weighted by atomic mass is 9.74. The minimum atomic E-state index is -1.52. The first-order valence-electron chi connectivity index (χ1n) is 17.9. The Hall–Kier alpha value is -2.35. The first-order valence-corrected chi connectivity index (χ1v) is 20.0. The van der Waals surface area contributed by atoms with E-state index in [-0.39, 0.29) is 34.2 Å². The summed E-state index contributed by atoms with van der Waals surface area (Å²) in [5.74, 6) is 0.692. The fraction of sp³-hybridized carbons (Fsp3) is 0.750. The van der Waals surface area contributed by atoms with Gasteiger partial charge >= 0.3 is 6.09 Å². The molecular weight excluding hydrogens is 663 g/mol. The topological polar surface area (TPSA) is 173 Å². The number of aliphatic hydroxyl groups is 1. The van der Waals surface area contributed by atoms with Crippen molar-refractivity contribution in [2.45, 2.75) is 140 Å². The van der Waals surface area contributed by atoms with Gasteiger partial charge in [0.1, 0.15) is 23.0 Å². The molecule has 0 spiro atoms. The third-order valence-corrected chi connectivity index (χ3v) is 12.8. The number of thioether (sulfide) groups is 2. The van der Waals surface area contributed by atoms with Gasteiger partial charge in [-0.1, -0.05) is 66.2 Å². The van der Waals surface area contributed by atoms with Crippen LogP contribution >= 0.6 is 23.5 Å². The third-order valence-electron chi connectivity index (χ3n) is 9.64. The van der Waals surface area contributed by atoms with E-state index in [9.17, 15) is 24.3 Å². The number of rotatable bonds is 16. The molecule has 0 radical (unpaired) electrons. The summed E-state index contributed by atoms with van der Waals surface area (Å²) >= 11 is 3.14. The number of nitrogens with two attached hydrogens (primary N) is 1. The number of ether oxygens (including phenoxy) is 1. The summed E-state index contributed by atoms with van der Waals surface area (Å²) in [6, 6.07) is 1.42. The number of hydrogen-bond donors (Lipinski definition) is 5. The average Bonchev–Trinajstić information content (AvgIpc) is 3.59. The van der Waals surface area contributed by atoms with Crippen LogP contribution in [0.25, 0.3) is 0 Å².